The first-order valence-corrected chi connectivity index (χ1v) is 12.1. The van der Waals surface area contributed by atoms with Crippen molar-refractivity contribution in [1.82, 2.24) is 0 Å². The van der Waals surface area contributed by atoms with Crippen LogP contribution >= 0.6 is 0 Å². The molecule has 4 aromatic carbocycles. The van der Waals surface area contributed by atoms with E-state index in [0.29, 0.717) is 0 Å². The zero-order valence-corrected chi connectivity index (χ0v) is 25.6. The van der Waals surface area contributed by atoms with Gasteiger partial charge in [0.25, 0.3) is 0 Å². The molecule has 0 aliphatic carbocycles. The third-order valence-corrected chi connectivity index (χ3v) is 6.98. The van der Waals surface area contributed by atoms with Gasteiger partial charge >= 0.3 is 51.4 Å². The van der Waals surface area contributed by atoms with Crippen LogP contribution in [0, 0.1) is 55.4 Å². The summed E-state index contributed by atoms with van der Waals surface area (Å²) in [5.74, 6) is 0. The van der Waals surface area contributed by atoms with Crippen molar-refractivity contribution in [1.29, 1.82) is 0 Å². The van der Waals surface area contributed by atoms with Crippen LogP contribution in [0.5, 0.6) is 0 Å². The summed E-state index contributed by atoms with van der Waals surface area (Å²) in [6.45, 7) is 17.8. The van der Waals surface area contributed by atoms with Gasteiger partial charge in [-0.1, -0.05) is 117 Å². The molecule has 0 nitrogen and oxygen atoms in total. The van der Waals surface area contributed by atoms with Gasteiger partial charge in [-0.05, 0) is 55.4 Å². The van der Waals surface area contributed by atoms with Crippen LogP contribution in [0.1, 0.15) is 44.5 Å². The van der Waals surface area contributed by atoms with Crippen LogP contribution < -0.4 is 73.2 Å². The Morgan fingerprint density at radius 3 is 0.588 bits per heavy atom. The third-order valence-electron chi connectivity index (χ3n) is 6.98. The summed E-state index contributed by atoms with van der Waals surface area (Å²) >= 11 is 0. The van der Waals surface area contributed by atoms with Crippen molar-refractivity contribution in [3.05, 3.63) is 117 Å². The van der Waals surface area contributed by atoms with Crippen molar-refractivity contribution in [2.75, 3.05) is 0 Å². The molecule has 0 spiro atoms. The van der Waals surface area contributed by atoms with Gasteiger partial charge in [-0.2, -0.15) is 21.9 Å². The van der Waals surface area contributed by atoms with E-state index < -0.39 is 6.15 Å². The van der Waals surface area contributed by atoms with E-state index in [4.69, 9.17) is 0 Å². The molecule has 0 saturated carbocycles. The smallest absolute Gasteiger partial charge is 0.195 e. The molecule has 4 aromatic rings. The predicted molar refractivity (Wildman–Crippen MR) is 148 cm³/mol. The first kappa shape index (κ1) is 27.2. The van der Waals surface area contributed by atoms with Gasteiger partial charge in [0.2, 0.25) is 0 Å². The first-order valence-electron chi connectivity index (χ1n) is 12.1. The van der Waals surface area contributed by atoms with Crippen LogP contribution in [0.3, 0.4) is 0 Å². The van der Waals surface area contributed by atoms with Crippen LogP contribution in [-0.2, 0) is 0 Å². The molecule has 34 heavy (non-hydrogen) atoms. The Kier molecular flexibility index (Phi) is 8.54. The van der Waals surface area contributed by atoms with Crippen LogP contribution in [-0.4, -0.2) is 6.15 Å². The fourth-order valence-corrected chi connectivity index (χ4v) is 6.19. The van der Waals surface area contributed by atoms with Crippen LogP contribution in [0.4, 0.5) is 0 Å². The van der Waals surface area contributed by atoms with Crippen molar-refractivity contribution in [3.8, 4) is 0 Å². The van der Waals surface area contributed by atoms with E-state index >= 15 is 0 Å². The molecule has 0 unspecified atom stereocenters. The van der Waals surface area contributed by atoms with E-state index in [0.717, 1.165) is 0 Å². The third kappa shape index (κ3) is 5.37. The number of aryl methyl sites for hydroxylation is 8. The maximum atomic E-state index is 2.42. The van der Waals surface area contributed by atoms with E-state index in [1.54, 1.807) is 0 Å². The molecule has 0 fully saturated rings. The van der Waals surface area contributed by atoms with Gasteiger partial charge in [0.15, 0.2) is 0 Å². The second-order valence-electron chi connectivity index (χ2n) is 10.6. The average Bonchev–Trinajstić information content (AvgIpc) is 2.65. The molecule has 0 radical (unpaired) electrons. The molecule has 0 aliphatic heterocycles. The van der Waals surface area contributed by atoms with Crippen LogP contribution in [0.15, 0.2) is 72.8 Å². The number of rotatable bonds is 4. The fourth-order valence-electron chi connectivity index (χ4n) is 6.19. The minimum atomic E-state index is -1.37. The SMILES string of the molecule is Cc1cc(C)cc([B-](c2cc(C)cc(C)c2)(c2cc(C)cc(C)c2)c2cc(C)cc(C)c2)c1.[K+]. The maximum Gasteiger partial charge on any atom is 1.00 e. The molecule has 0 amide bonds. The fraction of sp³-hybridized carbons (Fsp3) is 0.250. The summed E-state index contributed by atoms with van der Waals surface area (Å²) in [6.07, 6.45) is -1.37. The van der Waals surface area contributed by atoms with Crippen molar-refractivity contribution in [2.45, 2.75) is 55.4 Å². The van der Waals surface area contributed by atoms with Crippen molar-refractivity contribution in [2.24, 2.45) is 0 Å². The number of hydrogen-bond donors (Lipinski definition) is 0. The molecule has 168 valence electrons. The summed E-state index contributed by atoms with van der Waals surface area (Å²) < 4.78 is 0. The predicted octanol–water partition coefficient (Wildman–Crippen LogP) is 2.54. The zero-order valence-electron chi connectivity index (χ0n) is 22.5. The molecule has 0 aromatic heterocycles. The monoisotopic (exact) mass is 470 g/mol. The standard InChI is InChI=1S/C32H36B.K/c1-21-9-22(2)14-29(13-21)33(30-15-23(3)10-24(4)16-30,31-17-25(5)11-26(6)18-31)32-19-27(7)12-28(8)20-32;/h9-20H,1-8H3;/q-1;+1. The Bertz CT molecular complexity index is 1060. The summed E-state index contributed by atoms with van der Waals surface area (Å²) in [6, 6.07) is 28.5. The van der Waals surface area contributed by atoms with E-state index in [9.17, 15) is 0 Å². The van der Waals surface area contributed by atoms with Crippen molar-refractivity contribution >= 4 is 28.0 Å². The molecule has 0 N–H and O–H groups in total. The van der Waals surface area contributed by atoms with E-state index in [1.807, 2.05) is 0 Å². The molecule has 0 atom stereocenters. The molecule has 0 aliphatic rings. The molecular formula is C32H36BK. The summed E-state index contributed by atoms with van der Waals surface area (Å²) in [4.78, 5) is 0. The molecular weight excluding hydrogens is 434 g/mol. The Balaban J connectivity index is 0.00000324. The van der Waals surface area contributed by atoms with Gasteiger partial charge in [0, 0.05) is 0 Å². The van der Waals surface area contributed by atoms with Gasteiger partial charge in [-0.3, -0.25) is 0 Å². The quantitative estimate of drug-likeness (QED) is 0.402. The largest absolute Gasteiger partial charge is 1.00 e. The van der Waals surface area contributed by atoms with Gasteiger partial charge < -0.3 is 0 Å². The molecule has 0 bridgehead atoms. The summed E-state index contributed by atoms with van der Waals surface area (Å²) in [5, 5.41) is 0. The maximum absolute atomic E-state index is 2.42. The van der Waals surface area contributed by atoms with Crippen molar-refractivity contribution < 1.29 is 51.4 Å². The topological polar surface area (TPSA) is 0 Å². The molecule has 4 rings (SSSR count). The Morgan fingerprint density at radius 1 is 0.294 bits per heavy atom. The van der Waals surface area contributed by atoms with Crippen LogP contribution in [0.2, 0.25) is 0 Å². The second kappa shape index (κ2) is 10.7. The van der Waals surface area contributed by atoms with Gasteiger partial charge in [0.1, 0.15) is 6.15 Å². The van der Waals surface area contributed by atoms with Gasteiger partial charge in [-0.15, -0.1) is 0 Å². The van der Waals surface area contributed by atoms with E-state index in [1.165, 1.54) is 66.4 Å². The Labute approximate surface area is 249 Å². The summed E-state index contributed by atoms with van der Waals surface area (Å²) in [5.41, 5.74) is 16.1. The van der Waals surface area contributed by atoms with E-state index in [2.05, 4.69) is 128 Å². The Morgan fingerprint density at radius 2 is 0.441 bits per heavy atom. The zero-order chi connectivity index (χ0) is 23.9. The number of benzene rings is 4. The molecule has 2 heteroatoms. The van der Waals surface area contributed by atoms with Crippen LogP contribution in [0.25, 0.3) is 0 Å². The first-order chi connectivity index (χ1) is 15.6. The second-order valence-corrected chi connectivity index (χ2v) is 10.6. The normalized spacial score (nSPS) is 11.3. The molecule has 0 heterocycles. The van der Waals surface area contributed by atoms with Gasteiger partial charge in [0.05, 0.1) is 0 Å². The van der Waals surface area contributed by atoms with E-state index in [-0.39, 0.29) is 51.4 Å². The van der Waals surface area contributed by atoms with Gasteiger partial charge in [-0.25, -0.2) is 0 Å². The minimum Gasteiger partial charge on any atom is -0.195 e. The summed E-state index contributed by atoms with van der Waals surface area (Å²) in [7, 11) is 0. The minimum absolute atomic E-state index is 0. The Hall–Kier alpha value is -1.42. The van der Waals surface area contributed by atoms with Crippen molar-refractivity contribution in [3.63, 3.8) is 0 Å². The average molecular weight is 471 g/mol. The molecule has 0 saturated heterocycles. The number of hydrogen-bond acceptors (Lipinski definition) is 0.